The highest BCUT2D eigenvalue weighted by molar-refractivity contribution is 5.94. The second-order valence-electron chi connectivity index (χ2n) is 9.51. The molecule has 13 nitrogen and oxygen atoms in total. The monoisotopic (exact) mass is 532 g/mol. The molecule has 0 aliphatic carbocycles. The van der Waals surface area contributed by atoms with E-state index in [4.69, 9.17) is 11.5 Å². The summed E-state index contributed by atoms with van der Waals surface area (Å²) in [5.41, 5.74) is 12.9. The second-order valence-corrected chi connectivity index (χ2v) is 9.51. The maximum atomic E-state index is 12.8. The van der Waals surface area contributed by atoms with Gasteiger partial charge < -0.3 is 42.6 Å². The number of carbonyl (C=O) groups is 5. The normalized spacial score (nSPS) is 14.3. The third kappa shape index (κ3) is 8.85. The molecule has 10 N–H and O–H groups in total. The highest BCUT2D eigenvalue weighted by Crippen LogP contribution is 2.18. The van der Waals surface area contributed by atoms with Crippen LogP contribution in [0.4, 0.5) is 0 Å². The molecule has 0 radical (unpaired) electrons. The van der Waals surface area contributed by atoms with E-state index >= 15 is 0 Å². The third-order valence-corrected chi connectivity index (χ3v) is 5.90. The van der Waals surface area contributed by atoms with Gasteiger partial charge in [-0.25, -0.2) is 4.79 Å². The minimum absolute atomic E-state index is 0.0440. The van der Waals surface area contributed by atoms with Crippen molar-refractivity contribution < 1.29 is 34.2 Å². The van der Waals surface area contributed by atoms with Crippen molar-refractivity contribution in [1.29, 1.82) is 0 Å². The molecule has 1 aromatic heterocycles. The van der Waals surface area contributed by atoms with Crippen molar-refractivity contribution >= 4 is 40.5 Å². The average molecular weight is 533 g/mol. The summed E-state index contributed by atoms with van der Waals surface area (Å²) in [4.78, 5) is 64.2. The molecule has 2 rings (SSSR count). The Morgan fingerprint density at radius 3 is 2.16 bits per heavy atom. The summed E-state index contributed by atoms with van der Waals surface area (Å²) in [5.74, 6) is -4.49. The number of aromatic nitrogens is 1. The van der Waals surface area contributed by atoms with Gasteiger partial charge in [-0.1, -0.05) is 32.0 Å². The number of aliphatic carboxylic acids is 1. The van der Waals surface area contributed by atoms with E-state index in [1.165, 1.54) is 0 Å². The number of carboxylic acids is 1. The molecule has 0 bridgehead atoms. The molecule has 0 saturated heterocycles. The van der Waals surface area contributed by atoms with E-state index in [0.717, 1.165) is 16.5 Å². The molecule has 208 valence electrons. The number of nitrogens with two attached hydrogens (primary N) is 2. The van der Waals surface area contributed by atoms with E-state index in [-0.39, 0.29) is 31.6 Å². The summed E-state index contributed by atoms with van der Waals surface area (Å²) in [6, 6.07) is 2.42. The lowest BCUT2D eigenvalue weighted by Crippen LogP contribution is -2.58. The number of amides is 4. The van der Waals surface area contributed by atoms with Crippen molar-refractivity contribution in [3.05, 3.63) is 36.0 Å². The number of aromatic amines is 1. The Bertz CT molecular complexity index is 1150. The number of primary amides is 1. The van der Waals surface area contributed by atoms with Gasteiger partial charge in [0.15, 0.2) is 0 Å². The van der Waals surface area contributed by atoms with E-state index in [1.54, 1.807) is 20.0 Å². The number of aliphatic hydroxyl groups is 1. The predicted molar refractivity (Wildman–Crippen MR) is 138 cm³/mol. The summed E-state index contributed by atoms with van der Waals surface area (Å²) < 4.78 is 0. The summed E-state index contributed by atoms with van der Waals surface area (Å²) in [6.45, 7) is 2.77. The van der Waals surface area contributed by atoms with Crippen LogP contribution in [0, 0.1) is 5.92 Å². The highest BCUT2D eigenvalue weighted by Gasteiger charge is 2.30. The molecule has 4 atom stereocenters. The van der Waals surface area contributed by atoms with Crippen LogP contribution in [0.25, 0.3) is 10.9 Å². The minimum atomic E-state index is -1.45. The maximum absolute atomic E-state index is 12.8. The van der Waals surface area contributed by atoms with Crippen molar-refractivity contribution in [2.45, 2.75) is 63.7 Å². The first kappa shape index (κ1) is 30.3. The SMILES string of the molecule is CC(C)CC(NC(=O)C(CCC(N)=O)NC(=O)C(CO)NC(=O)C(N)Cc1c[nH]c2ccccc12)C(=O)O. The zero-order valence-corrected chi connectivity index (χ0v) is 21.4. The standard InChI is InChI=1S/C25H36N6O7/c1-13(2)9-19(25(37)38)30-23(35)18(7-8-21(27)33)29-24(36)20(12-32)31-22(34)16(26)10-14-11-28-17-6-4-3-5-15(14)17/h3-6,11,13,16,18-20,28,32H,7-10,12,26H2,1-2H3,(H2,27,33)(H,29,36)(H,30,35)(H,31,34)(H,37,38). The van der Waals surface area contributed by atoms with Crippen LogP contribution in [-0.4, -0.2) is 75.6 Å². The Labute approximate surface area is 219 Å². The van der Waals surface area contributed by atoms with Crippen molar-refractivity contribution in [1.82, 2.24) is 20.9 Å². The largest absolute Gasteiger partial charge is 0.480 e. The number of rotatable bonds is 15. The van der Waals surface area contributed by atoms with Gasteiger partial charge in [0, 0.05) is 23.5 Å². The van der Waals surface area contributed by atoms with Crippen LogP contribution >= 0.6 is 0 Å². The zero-order valence-electron chi connectivity index (χ0n) is 21.4. The quantitative estimate of drug-likeness (QED) is 0.140. The molecule has 0 saturated carbocycles. The van der Waals surface area contributed by atoms with Crippen LogP contribution < -0.4 is 27.4 Å². The second kappa shape index (κ2) is 14.1. The lowest BCUT2D eigenvalue weighted by Gasteiger charge is -2.24. The summed E-state index contributed by atoms with van der Waals surface area (Å²) in [7, 11) is 0. The van der Waals surface area contributed by atoms with Crippen molar-refractivity contribution in [3.8, 4) is 0 Å². The molecule has 0 aliphatic heterocycles. The number of carboxylic acid groups (broad SMARTS) is 1. The lowest BCUT2D eigenvalue weighted by atomic mass is 10.0. The van der Waals surface area contributed by atoms with Gasteiger partial charge >= 0.3 is 5.97 Å². The number of benzene rings is 1. The number of hydrogen-bond acceptors (Lipinski definition) is 7. The fraction of sp³-hybridized carbons (Fsp3) is 0.480. The van der Waals surface area contributed by atoms with Crippen LogP contribution in [0.3, 0.4) is 0 Å². The molecule has 0 spiro atoms. The Morgan fingerprint density at radius 1 is 0.947 bits per heavy atom. The summed E-state index contributed by atoms with van der Waals surface area (Å²) in [6.07, 6.45) is 1.55. The molecule has 2 aromatic rings. The Balaban J connectivity index is 2.06. The number of H-pyrrole nitrogens is 1. The van der Waals surface area contributed by atoms with Crippen molar-refractivity contribution in [2.75, 3.05) is 6.61 Å². The highest BCUT2D eigenvalue weighted by atomic mass is 16.4. The van der Waals surface area contributed by atoms with Crippen molar-refractivity contribution in [2.24, 2.45) is 17.4 Å². The maximum Gasteiger partial charge on any atom is 0.326 e. The van der Waals surface area contributed by atoms with Crippen molar-refractivity contribution in [3.63, 3.8) is 0 Å². The van der Waals surface area contributed by atoms with E-state index in [9.17, 15) is 34.2 Å². The third-order valence-electron chi connectivity index (χ3n) is 5.90. The minimum Gasteiger partial charge on any atom is -0.480 e. The molecule has 0 aliphatic rings. The first-order valence-electron chi connectivity index (χ1n) is 12.3. The number of fused-ring (bicyclic) bond motifs is 1. The predicted octanol–water partition coefficient (Wildman–Crippen LogP) is -1.12. The summed E-state index contributed by atoms with van der Waals surface area (Å²) in [5, 5.41) is 27.1. The van der Waals surface area contributed by atoms with Gasteiger partial charge in [-0.3, -0.25) is 19.2 Å². The molecular weight excluding hydrogens is 496 g/mol. The van der Waals surface area contributed by atoms with Crippen LogP contribution in [0.1, 0.15) is 38.7 Å². The summed E-state index contributed by atoms with van der Waals surface area (Å²) >= 11 is 0. The van der Waals surface area contributed by atoms with E-state index in [2.05, 4.69) is 20.9 Å². The van der Waals surface area contributed by atoms with Gasteiger partial charge in [0.1, 0.15) is 18.1 Å². The Kier molecular flexibility index (Phi) is 11.2. The van der Waals surface area contributed by atoms with Crippen LogP contribution in [0.15, 0.2) is 30.5 Å². The molecule has 1 heterocycles. The number of hydrogen-bond donors (Lipinski definition) is 8. The van der Waals surface area contributed by atoms with Gasteiger partial charge in [0.2, 0.25) is 23.6 Å². The molecule has 1 aromatic carbocycles. The van der Waals surface area contributed by atoms with Crippen LogP contribution in [0.2, 0.25) is 0 Å². The van der Waals surface area contributed by atoms with Crippen LogP contribution in [-0.2, 0) is 30.4 Å². The zero-order chi connectivity index (χ0) is 28.4. The Hall–Kier alpha value is -3.97. The van der Waals surface area contributed by atoms with E-state index < -0.39 is 60.4 Å². The topological polar surface area (TPSA) is 230 Å². The average Bonchev–Trinajstić information content (AvgIpc) is 3.26. The number of nitrogens with one attached hydrogen (secondary N) is 4. The molecule has 4 amide bonds. The van der Waals surface area contributed by atoms with E-state index in [0.29, 0.717) is 0 Å². The van der Waals surface area contributed by atoms with Gasteiger partial charge in [0.25, 0.3) is 0 Å². The Morgan fingerprint density at radius 2 is 1.55 bits per heavy atom. The smallest absolute Gasteiger partial charge is 0.326 e. The van der Waals surface area contributed by atoms with E-state index in [1.807, 2.05) is 24.3 Å². The number of para-hydroxylation sites is 1. The van der Waals surface area contributed by atoms with Gasteiger partial charge in [-0.15, -0.1) is 0 Å². The van der Waals surface area contributed by atoms with Gasteiger partial charge in [0.05, 0.1) is 12.6 Å². The molecule has 38 heavy (non-hydrogen) atoms. The number of carbonyl (C=O) groups excluding carboxylic acids is 4. The fourth-order valence-electron chi connectivity index (χ4n) is 3.90. The molecular formula is C25H36N6O7. The number of aliphatic hydroxyl groups excluding tert-OH is 1. The fourth-order valence-corrected chi connectivity index (χ4v) is 3.90. The van der Waals surface area contributed by atoms with Gasteiger partial charge in [-0.05, 0) is 36.8 Å². The van der Waals surface area contributed by atoms with Gasteiger partial charge in [-0.2, -0.15) is 0 Å². The first-order valence-corrected chi connectivity index (χ1v) is 12.3. The molecule has 0 fully saturated rings. The lowest BCUT2D eigenvalue weighted by molar-refractivity contribution is -0.143. The first-order chi connectivity index (χ1) is 17.9. The van der Waals surface area contributed by atoms with Crippen LogP contribution in [0.5, 0.6) is 0 Å². The molecule has 13 heteroatoms. The molecule has 4 unspecified atom stereocenters.